The number of halogens is 1. The summed E-state index contributed by atoms with van der Waals surface area (Å²) >= 11 is 5.92. The van der Waals surface area contributed by atoms with E-state index in [-0.39, 0.29) is 36.9 Å². The first-order valence-corrected chi connectivity index (χ1v) is 11.8. The highest BCUT2D eigenvalue weighted by atomic mass is 35.5. The van der Waals surface area contributed by atoms with E-state index in [4.69, 9.17) is 20.8 Å². The van der Waals surface area contributed by atoms with Crippen LogP contribution in [0.15, 0.2) is 50.5 Å². The first kappa shape index (κ1) is 22.5. The molecule has 1 aliphatic heterocycles. The lowest BCUT2D eigenvalue weighted by Crippen LogP contribution is -2.40. The van der Waals surface area contributed by atoms with Gasteiger partial charge in [0.25, 0.3) is 0 Å². The minimum Gasteiger partial charge on any atom is -0.408 e. The Kier molecular flexibility index (Phi) is 6.38. The smallest absolute Gasteiger partial charge is 0.408 e. The molecule has 1 saturated heterocycles. The number of anilines is 1. The zero-order valence-corrected chi connectivity index (χ0v) is 18.9. The third-order valence-electron chi connectivity index (χ3n) is 5.25. The van der Waals surface area contributed by atoms with Crippen LogP contribution in [-0.2, 0) is 26.1 Å². The molecule has 11 heteroatoms. The molecule has 4 rings (SSSR count). The maximum absolute atomic E-state index is 13.0. The van der Waals surface area contributed by atoms with Crippen LogP contribution in [0.2, 0.25) is 5.02 Å². The Morgan fingerprint density at radius 1 is 1.16 bits per heavy atom. The van der Waals surface area contributed by atoms with Crippen LogP contribution in [0.3, 0.4) is 0 Å². The highest BCUT2D eigenvalue weighted by molar-refractivity contribution is 7.89. The number of carbonyl (C=O) groups excluding carboxylic acids is 1. The number of ether oxygens (including phenoxy) is 1. The molecule has 0 atom stereocenters. The molecule has 3 aromatic rings. The van der Waals surface area contributed by atoms with Gasteiger partial charge in [0, 0.05) is 42.8 Å². The molecule has 1 fully saturated rings. The zero-order chi connectivity index (χ0) is 22.9. The summed E-state index contributed by atoms with van der Waals surface area (Å²) in [6.07, 6.45) is -0.00338. The first-order valence-electron chi connectivity index (χ1n) is 10.0. The predicted octanol–water partition coefficient (Wildman–Crippen LogP) is 2.61. The average Bonchev–Trinajstić information content (AvgIpc) is 3.08. The van der Waals surface area contributed by atoms with Gasteiger partial charge >= 0.3 is 5.76 Å². The van der Waals surface area contributed by atoms with Crippen molar-refractivity contribution in [2.75, 3.05) is 31.6 Å². The molecule has 0 aliphatic carbocycles. The summed E-state index contributed by atoms with van der Waals surface area (Å²) in [5, 5.41) is 3.15. The van der Waals surface area contributed by atoms with Gasteiger partial charge in [-0.1, -0.05) is 17.7 Å². The molecule has 1 N–H and O–H groups in total. The molecule has 1 aromatic heterocycles. The van der Waals surface area contributed by atoms with Gasteiger partial charge in [0.15, 0.2) is 5.58 Å². The number of nitrogens with zero attached hydrogens (tertiary/aromatic N) is 2. The van der Waals surface area contributed by atoms with Crippen molar-refractivity contribution < 1.29 is 22.4 Å². The SMILES string of the molecule is Cc1ccc(NC(=O)CCn2c(=O)oc3cc(Cl)ccc32)cc1S(=O)(=O)N1CCOCC1. The Morgan fingerprint density at radius 3 is 2.66 bits per heavy atom. The second kappa shape index (κ2) is 9.07. The van der Waals surface area contributed by atoms with Crippen molar-refractivity contribution in [2.24, 2.45) is 0 Å². The number of fused-ring (bicyclic) bond motifs is 1. The van der Waals surface area contributed by atoms with Crippen molar-refractivity contribution in [1.82, 2.24) is 8.87 Å². The molecule has 0 bridgehead atoms. The lowest BCUT2D eigenvalue weighted by Gasteiger charge is -2.26. The van der Waals surface area contributed by atoms with Crippen molar-refractivity contribution >= 4 is 44.3 Å². The van der Waals surface area contributed by atoms with E-state index in [1.54, 1.807) is 31.2 Å². The maximum atomic E-state index is 13.0. The van der Waals surface area contributed by atoms with Crippen molar-refractivity contribution in [3.63, 3.8) is 0 Å². The maximum Gasteiger partial charge on any atom is 0.419 e. The van der Waals surface area contributed by atoms with E-state index in [1.807, 2.05) is 0 Å². The summed E-state index contributed by atoms with van der Waals surface area (Å²) in [7, 11) is -3.70. The molecule has 0 radical (unpaired) electrons. The largest absolute Gasteiger partial charge is 0.419 e. The molecule has 0 saturated carbocycles. The van der Waals surface area contributed by atoms with Crippen LogP contribution >= 0.6 is 11.6 Å². The summed E-state index contributed by atoms with van der Waals surface area (Å²) in [6, 6.07) is 9.59. The second-order valence-electron chi connectivity index (χ2n) is 7.43. The zero-order valence-electron chi connectivity index (χ0n) is 17.3. The van der Waals surface area contributed by atoms with E-state index in [9.17, 15) is 18.0 Å². The summed E-state index contributed by atoms with van der Waals surface area (Å²) in [5.41, 5.74) is 1.84. The number of morpholine rings is 1. The lowest BCUT2D eigenvalue weighted by atomic mass is 10.2. The molecule has 0 unspecified atom stereocenters. The third kappa shape index (κ3) is 4.58. The predicted molar refractivity (Wildman–Crippen MR) is 119 cm³/mol. The number of aryl methyl sites for hydroxylation is 2. The van der Waals surface area contributed by atoms with Gasteiger partial charge in [0.2, 0.25) is 15.9 Å². The normalized spacial score (nSPS) is 15.2. The topological polar surface area (TPSA) is 111 Å². The quantitative estimate of drug-likeness (QED) is 0.581. The van der Waals surface area contributed by atoms with E-state index in [0.29, 0.717) is 40.6 Å². The van der Waals surface area contributed by atoms with E-state index in [0.717, 1.165) is 0 Å². The van der Waals surface area contributed by atoms with Gasteiger partial charge < -0.3 is 14.5 Å². The molecule has 1 amide bonds. The fourth-order valence-electron chi connectivity index (χ4n) is 3.57. The Bertz CT molecular complexity index is 1330. The number of nitrogens with one attached hydrogen (secondary N) is 1. The van der Waals surface area contributed by atoms with Crippen LogP contribution in [0, 0.1) is 6.92 Å². The number of carbonyl (C=O) groups is 1. The molecule has 2 aromatic carbocycles. The summed E-state index contributed by atoms with van der Waals surface area (Å²) in [6.45, 7) is 3.09. The van der Waals surface area contributed by atoms with Gasteiger partial charge in [-0.2, -0.15) is 4.31 Å². The molecule has 2 heterocycles. The number of sulfonamides is 1. The van der Waals surface area contributed by atoms with Crippen LogP contribution in [0.1, 0.15) is 12.0 Å². The Morgan fingerprint density at radius 2 is 1.91 bits per heavy atom. The van der Waals surface area contributed by atoms with Gasteiger partial charge in [0.1, 0.15) is 0 Å². The standard InChI is InChI=1S/C21H22ClN3O6S/c1-14-2-4-16(13-19(14)32(28,29)24-8-10-30-11-9-24)23-20(26)6-7-25-17-5-3-15(22)12-18(17)31-21(25)27/h2-5,12-13H,6-11H2,1H3,(H,23,26). The van der Waals surface area contributed by atoms with Gasteiger partial charge in [-0.25, -0.2) is 13.2 Å². The first-order chi connectivity index (χ1) is 15.3. The monoisotopic (exact) mass is 479 g/mol. The third-order valence-corrected chi connectivity index (χ3v) is 7.53. The highest BCUT2D eigenvalue weighted by Gasteiger charge is 2.28. The van der Waals surface area contributed by atoms with Gasteiger partial charge in [-0.15, -0.1) is 0 Å². The van der Waals surface area contributed by atoms with E-state index in [2.05, 4.69) is 5.32 Å². The van der Waals surface area contributed by atoms with E-state index >= 15 is 0 Å². The number of hydrogen-bond acceptors (Lipinski definition) is 6. The van der Waals surface area contributed by atoms with Crippen molar-refractivity contribution in [3.8, 4) is 0 Å². The van der Waals surface area contributed by atoms with Crippen molar-refractivity contribution in [2.45, 2.75) is 24.8 Å². The number of amides is 1. The average molecular weight is 480 g/mol. The van der Waals surface area contributed by atoms with Crippen LogP contribution in [-0.4, -0.2) is 49.5 Å². The van der Waals surface area contributed by atoms with Crippen LogP contribution in [0.5, 0.6) is 0 Å². The van der Waals surface area contributed by atoms with E-state index in [1.165, 1.54) is 21.0 Å². The van der Waals surface area contributed by atoms with Crippen LogP contribution in [0.25, 0.3) is 11.1 Å². The summed E-state index contributed by atoms with van der Waals surface area (Å²) < 4.78 is 39.2. The van der Waals surface area contributed by atoms with Gasteiger partial charge in [0.05, 0.1) is 23.6 Å². The van der Waals surface area contributed by atoms with Crippen molar-refractivity contribution in [1.29, 1.82) is 0 Å². The molecule has 170 valence electrons. The molecule has 0 spiro atoms. The molecular formula is C21H22ClN3O6S. The van der Waals surface area contributed by atoms with Crippen LogP contribution in [0.4, 0.5) is 5.69 Å². The molecular weight excluding hydrogens is 458 g/mol. The summed E-state index contributed by atoms with van der Waals surface area (Å²) in [4.78, 5) is 24.8. The Balaban J connectivity index is 1.48. The Labute approximate surface area is 189 Å². The minimum absolute atomic E-state index is 0.00338. The minimum atomic E-state index is -3.70. The fraction of sp³-hybridized carbons (Fsp3) is 0.333. The summed E-state index contributed by atoms with van der Waals surface area (Å²) in [5.74, 6) is -0.942. The molecule has 9 nitrogen and oxygen atoms in total. The van der Waals surface area contributed by atoms with Crippen molar-refractivity contribution in [3.05, 3.63) is 57.5 Å². The van der Waals surface area contributed by atoms with E-state index < -0.39 is 15.8 Å². The Hall–Kier alpha value is -2.66. The number of rotatable bonds is 6. The number of benzene rings is 2. The molecule has 32 heavy (non-hydrogen) atoms. The molecule has 1 aliphatic rings. The second-order valence-corrected chi connectivity index (χ2v) is 9.77. The number of oxazole rings is 1. The highest BCUT2D eigenvalue weighted by Crippen LogP contribution is 2.25. The number of aromatic nitrogens is 1. The van der Waals surface area contributed by atoms with Gasteiger partial charge in [-0.3, -0.25) is 9.36 Å². The van der Waals surface area contributed by atoms with Crippen LogP contribution < -0.4 is 11.1 Å². The van der Waals surface area contributed by atoms with Gasteiger partial charge in [-0.05, 0) is 36.8 Å². The number of hydrogen-bond donors (Lipinski definition) is 1. The fourth-order valence-corrected chi connectivity index (χ4v) is 5.39. The lowest BCUT2D eigenvalue weighted by molar-refractivity contribution is -0.116.